The van der Waals surface area contributed by atoms with E-state index in [0.29, 0.717) is 13.1 Å². The second kappa shape index (κ2) is 4.75. The Morgan fingerprint density at radius 2 is 2.41 bits per heavy atom. The molecular formula is C10H18N4O2S. The fraction of sp³-hybridized carbons (Fsp3) is 0.700. The van der Waals surface area contributed by atoms with E-state index in [9.17, 15) is 8.42 Å². The van der Waals surface area contributed by atoms with Gasteiger partial charge in [-0.1, -0.05) is 0 Å². The lowest BCUT2D eigenvalue weighted by atomic mass is 9.93. The van der Waals surface area contributed by atoms with Gasteiger partial charge in [0.2, 0.25) is 0 Å². The number of imidazole rings is 1. The van der Waals surface area contributed by atoms with Crippen molar-refractivity contribution >= 4 is 10.0 Å². The zero-order valence-corrected chi connectivity index (χ0v) is 10.7. The molecule has 1 aromatic heterocycles. The number of H-pyrrole nitrogens is 1. The second-order valence-corrected chi connectivity index (χ2v) is 6.45. The summed E-state index contributed by atoms with van der Waals surface area (Å²) >= 11 is 0. The number of nitrogens with one attached hydrogen (secondary N) is 1. The van der Waals surface area contributed by atoms with Crippen molar-refractivity contribution in [3.63, 3.8) is 0 Å². The molecule has 0 spiro atoms. The Balaban J connectivity index is 2.17. The van der Waals surface area contributed by atoms with Crippen molar-refractivity contribution < 1.29 is 8.42 Å². The first-order valence-electron chi connectivity index (χ1n) is 5.76. The van der Waals surface area contributed by atoms with E-state index in [4.69, 9.17) is 5.73 Å². The normalized spacial score (nSPS) is 24.7. The highest BCUT2D eigenvalue weighted by Gasteiger charge is 2.32. The molecule has 0 unspecified atom stereocenters. The average Bonchev–Trinajstić information content (AvgIpc) is 2.83. The van der Waals surface area contributed by atoms with Crippen molar-refractivity contribution in [1.29, 1.82) is 0 Å². The molecule has 17 heavy (non-hydrogen) atoms. The molecule has 3 N–H and O–H groups in total. The molecule has 6 nitrogen and oxygen atoms in total. The maximum absolute atomic E-state index is 12.2. The van der Waals surface area contributed by atoms with Crippen LogP contribution in [0, 0.1) is 5.92 Å². The topological polar surface area (TPSA) is 92.1 Å². The molecule has 1 aromatic rings. The summed E-state index contributed by atoms with van der Waals surface area (Å²) < 4.78 is 26.0. The predicted octanol–water partition coefficient (Wildman–Crippen LogP) is 0.158. The van der Waals surface area contributed by atoms with Gasteiger partial charge in [0.25, 0.3) is 10.0 Å². The number of hydrogen-bond donors (Lipinski definition) is 2. The molecule has 0 aliphatic carbocycles. The number of rotatable bonds is 3. The number of aromatic amines is 1. The van der Waals surface area contributed by atoms with E-state index in [1.807, 2.05) is 6.92 Å². The van der Waals surface area contributed by atoms with Crippen molar-refractivity contribution in [2.75, 3.05) is 13.1 Å². The number of piperidine rings is 1. The second-order valence-electron chi connectivity index (χ2n) is 4.54. The van der Waals surface area contributed by atoms with Gasteiger partial charge in [0, 0.05) is 19.1 Å². The summed E-state index contributed by atoms with van der Waals surface area (Å²) in [5.41, 5.74) is 5.85. The molecule has 1 aliphatic rings. The minimum absolute atomic E-state index is 0.0229. The summed E-state index contributed by atoms with van der Waals surface area (Å²) in [6.45, 7) is 2.99. The van der Waals surface area contributed by atoms with Gasteiger partial charge in [-0.3, -0.25) is 0 Å². The van der Waals surface area contributed by atoms with Gasteiger partial charge in [-0.2, -0.15) is 4.31 Å². The number of nitrogens with zero attached hydrogens (tertiary/aromatic N) is 2. The van der Waals surface area contributed by atoms with Gasteiger partial charge in [-0.15, -0.1) is 0 Å². The van der Waals surface area contributed by atoms with Crippen molar-refractivity contribution in [3.05, 3.63) is 12.5 Å². The zero-order chi connectivity index (χ0) is 12.5. The van der Waals surface area contributed by atoms with E-state index in [1.54, 1.807) is 0 Å². The third-order valence-electron chi connectivity index (χ3n) is 3.26. The van der Waals surface area contributed by atoms with Crippen LogP contribution < -0.4 is 5.73 Å². The molecule has 7 heteroatoms. The lowest BCUT2D eigenvalue weighted by Gasteiger charge is -2.33. The molecule has 2 heterocycles. The number of sulfonamides is 1. The van der Waals surface area contributed by atoms with E-state index < -0.39 is 10.0 Å². The monoisotopic (exact) mass is 258 g/mol. The lowest BCUT2D eigenvalue weighted by Crippen LogP contribution is -2.45. The first-order chi connectivity index (χ1) is 8.01. The van der Waals surface area contributed by atoms with Crippen molar-refractivity contribution in [2.24, 2.45) is 11.7 Å². The van der Waals surface area contributed by atoms with Crippen LogP contribution in [0.1, 0.15) is 19.8 Å². The Hall–Kier alpha value is -0.920. The third kappa shape index (κ3) is 2.51. The summed E-state index contributed by atoms with van der Waals surface area (Å²) in [6.07, 6.45) is 4.57. The Bertz CT molecular complexity index is 455. The number of nitrogens with two attached hydrogens (primary N) is 1. The molecule has 2 atom stereocenters. The highest BCUT2D eigenvalue weighted by atomic mass is 32.2. The van der Waals surface area contributed by atoms with E-state index in [-0.39, 0.29) is 17.0 Å². The summed E-state index contributed by atoms with van der Waals surface area (Å²) in [5, 5.41) is 0.155. The summed E-state index contributed by atoms with van der Waals surface area (Å²) in [6, 6.07) is 0.0229. The quantitative estimate of drug-likeness (QED) is 0.807. The molecule has 0 aromatic carbocycles. The average molecular weight is 258 g/mol. The molecule has 0 saturated carbocycles. The minimum Gasteiger partial charge on any atom is -0.335 e. The van der Waals surface area contributed by atoms with E-state index in [1.165, 1.54) is 16.8 Å². The maximum Gasteiger partial charge on any atom is 0.260 e. The van der Waals surface area contributed by atoms with Crippen LogP contribution in [0.25, 0.3) is 0 Å². The van der Waals surface area contributed by atoms with Crippen LogP contribution in [0.2, 0.25) is 0 Å². The van der Waals surface area contributed by atoms with Gasteiger partial charge in [0.05, 0.1) is 12.5 Å². The van der Waals surface area contributed by atoms with Gasteiger partial charge in [0.1, 0.15) is 0 Å². The molecule has 1 saturated heterocycles. The van der Waals surface area contributed by atoms with Gasteiger partial charge in [0.15, 0.2) is 5.03 Å². The highest BCUT2D eigenvalue weighted by Crippen LogP contribution is 2.23. The van der Waals surface area contributed by atoms with Gasteiger partial charge in [-0.25, -0.2) is 13.4 Å². The van der Waals surface area contributed by atoms with Crippen LogP contribution in [0.3, 0.4) is 0 Å². The van der Waals surface area contributed by atoms with Crippen LogP contribution in [0.4, 0.5) is 0 Å². The largest absolute Gasteiger partial charge is 0.335 e. The predicted molar refractivity (Wildman–Crippen MR) is 63.7 cm³/mol. The first kappa shape index (κ1) is 12.5. The summed E-state index contributed by atoms with van der Waals surface area (Å²) in [5.74, 6) is 0.237. The van der Waals surface area contributed by atoms with Gasteiger partial charge < -0.3 is 10.7 Å². The Labute approximate surface area is 101 Å². The van der Waals surface area contributed by atoms with Crippen molar-refractivity contribution in [3.8, 4) is 0 Å². The standard InChI is InChI=1S/C10H18N4O2S/c1-8(11)9-3-2-4-14(6-9)17(15,16)10-5-12-7-13-10/h5,7-9H,2-4,6,11H2,1H3,(H,12,13)/t8-,9-/m1/s1. The molecule has 1 aliphatic heterocycles. The van der Waals surface area contributed by atoms with E-state index in [0.717, 1.165) is 12.8 Å². The van der Waals surface area contributed by atoms with Gasteiger partial charge >= 0.3 is 0 Å². The fourth-order valence-corrected chi connectivity index (χ4v) is 3.58. The van der Waals surface area contributed by atoms with Crippen LogP contribution in [-0.2, 0) is 10.0 Å². The minimum atomic E-state index is -3.43. The van der Waals surface area contributed by atoms with E-state index >= 15 is 0 Å². The molecular weight excluding hydrogens is 240 g/mol. The lowest BCUT2D eigenvalue weighted by molar-refractivity contribution is 0.243. The van der Waals surface area contributed by atoms with Gasteiger partial charge in [-0.05, 0) is 25.7 Å². The SMILES string of the molecule is C[C@@H](N)[C@@H]1CCCN(S(=O)(=O)c2cnc[nH]2)C1. The maximum atomic E-state index is 12.2. The Kier molecular flexibility index (Phi) is 3.50. The van der Waals surface area contributed by atoms with Crippen molar-refractivity contribution in [2.45, 2.75) is 30.8 Å². The van der Waals surface area contributed by atoms with E-state index in [2.05, 4.69) is 9.97 Å². The smallest absolute Gasteiger partial charge is 0.260 e. The highest BCUT2D eigenvalue weighted by molar-refractivity contribution is 7.89. The Morgan fingerprint density at radius 1 is 1.65 bits per heavy atom. The molecule has 0 bridgehead atoms. The van der Waals surface area contributed by atoms with Crippen LogP contribution in [-0.4, -0.2) is 41.8 Å². The molecule has 0 amide bonds. The fourth-order valence-electron chi connectivity index (χ4n) is 2.14. The summed E-state index contributed by atoms with van der Waals surface area (Å²) in [4.78, 5) is 6.40. The zero-order valence-electron chi connectivity index (χ0n) is 9.83. The summed E-state index contributed by atoms with van der Waals surface area (Å²) in [7, 11) is -3.43. The third-order valence-corrected chi connectivity index (χ3v) is 5.05. The number of hydrogen-bond acceptors (Lipinski definition) is 4. The molecule has 0 radical (unpaired) electrons. The van der Waals surface area contributed by atoms with Crippen LogP contribution in [0.5, 0.6) is 0 Å². The van der Waals surface area contributed by atoms with Crippen LogP contribution >= 0.6 is 0 Å². The van der Waals surface area contributed by atoms with Crippen LogP contribution in [0.15, 0.2) is 17.6 Å². The molecule has 2 rings (SSSR count). The molecule has 96 valence electrons. The first-order valence-corrected chi connectivity index (χ1v) is 7.20. The van der Waals surface area contributed by atoms with Crippen molar-refractivity contribution in [1.82, 2.24) is 14.3 Å². The molecule has 1 fully saturated rings. The Morgan fingerprint density at radius 3 is 3.00 bits per heavy atom. The number of aromatic nitrogens is 2.